The summed E-state index contributed by atoms with van der Waals surface area (Å²) in [5.41, 5.74) is 2.64. The highest BCUT2D eigenvalue weighted by Crippen LogP contribution is 2.32. The van der Waals surface area contributed by atoms with E-state index in [0.717, 1.165) is 25.8 Å². The first-order chi connectivity index (χ1) is 12.4. The molecule has 2 rings (SSSR count). The zero-order valence-electron chi connectivity index (χ0n) is 14.5. The van der Waals surface area contributed by atoms with Crippen molar-refractivity contribution in [2.24, 2.45) is 0 Å². The number of carbonyl (C=O) groups excluding carboxylic acids is 2. The maximum atomic E-state index is 12.0. The second-order valence-corrected chi connectivity index (χ2v) is 7.39. The summed E-state index contributed by atoms with van der Waals surface area (Å²) >= 11 is 6.80. The number of halogens is 2. The summed E-state index contributed by atoms with van der Waals surface area (Å²) < 4.78 is 12.0. The Bertz CT molecular complexity index is 785. The molecule has 0 aromatic heterocycles. The van der Waals surface area contributed by atoms with Crippen LogP contribution in [0.2, 0.25) is 0 Å². The minimum absolute atomic E-state index is 0.0690. The lowest BCUT2D eigenvalue weighted by Gasteiger charge is -2.11. The van der Waals surface area contributed by atoms with Gasteiger partial charge in [0, 0.05) is 8.95 Å². The molecule has 5 nitrogen and oxygen atoms in total. The average Bonchev–Trinajstić information content (AvgIpc) is 2.58. The van der Waals surface area contributed by atoms with Gasteiger partial charge in [-0.25, -0.2) is 0 Å². The summed E-state index contributed by atoms with van der Waals surface area (Å²) in [5, 5.41) is 2.71. The Kier molecular flexibility index (Phi) is 7.66. The smallest absolute Gasteiger partial charge is 0.309 e. The molecular weight excluding hydrogens is 466 g/mol. The van der Waals surface area contributed by atoms with E-state index in [0.29, 0.717) is 5.69 Å². The molecule has 1 amide bonds. The number of aryl methyl sites for hydroxylation is 2. The Balaban J connectivity index is 1.75. The number of hydrogen-bond acceptors (Lipinski definition) is 4. The van der Waals surface area contributed by atoms with Gasteiger partial charge in [0.15, 0.2) is 6.61 Å². The predicted octanol–water partition coefficient (Wildman–Crippen LogP) is 4.78. The normalized spacial score (nSPS) is 10.3. The van der Waals surface area contributed by atoms with Crippen molar-refractivity contribution >= 4 is 49.4 Å². The molecule has 2 aromatic carbocycles. The Morgan fingerprint density at radius 3 is 2.38 bits per heavy atom. The van der Waals surface area contributed by atoms with Gasteiger partial charge in [-0.3, -0.25) is 9.59 Å². The molecule has 0 saturated heterocycles. The fourth-order valence-electron chi connectivity index (χ4n) is 2.18. The largest absolute Gasteiger partial charge is 0.493 e. The van der Waals surface area contributed by atoms with E-state index in [1.165, 1.54) is 0 Å². The predicted molar refractivity (Wildman–Crippen MR) is 107 cm³/mol. The maximum absolute atomic E-state index is 12.0. The standard InChI is InChI=1S/C19H19Br2NO4/c1-12-9-14(20)19(15(21)10-12)22-17(23)11-26-18(24)7-8-25-16-6-4-3-5-13(16)2/h3-6,9-10H,7-8,11H2,1-2H3,(H,22,23). The van der Waals surface area contributed by atoms with Crippen molar-refractivity contribution in [3.05, 3.63) is 56.5 Å². The summed E-state index contributed by atoms with van der Waals surface area (Å²) in [5.74, 6) is -0.175. The summed E-state index contributed by atoms with van der Waals surface area (Å²) in [6.07, 6.45) is 0.0690. The first kappa shape index (κ1) is 20.5. The number of rotatable bonds is 7. The number of para-hydroxylation sites is 1. The van der Waals surface area contributed by atoms with Crippen LogP contribution >= 0.6 is 31.9 Å². The van der Waals surface area contributed by atoms with Crippen molar-refractivity contribution in [2.75, 3.05) is 18.5 Å². The van der Waals surface area contributed by atoms with Crippen molar-refractivity contribution in [2.45, 2.75) is 20.3 Å². The highest BCUT2D eigenvalue weighted by atomic mass is 79.9. The van der Waals surface area contributed by atoms with Crippen LogP contribution in [0.25, 0.3) is 0 Å². The van der Waals surface area contributed by atoms with Gasteiger partial charge in [-0.05, 0) is 75.0 Å². The summed E-state index contributed by atoms with van der Waals surface area (Å²) in [6.45, 7) is 3.72. The first-order valence-corrected chi connectivity index (χ1v) is 9.55. The molecule has 7 heteroatoms. The third-order valence-corrected chi connectivity index (χ3v) is 4.72. The molecule has 0 fully saturated rings. The molecular formula is C19H19Br2NO4. The minimum Gasteiger partial charge on any atom is -0.493 e. The lowest BCUT2D eigenvalue weighted by molar-refractivity contribution is -0.147. The Morgan fingerprint density at radius 1 is 1.08 bits per heavy atom. The van der Waals surface area contributed by atoms with Crippen LogP contribution in [-0.2, 0) is 14.3 Å². The number of anilines is 1. The Hall–Kier alpha value is -1.86. The van der Waals surface area contributed by atoms with Crippen molar-refractivity contribution in [1.29, 1.82) is 0 Å². The molecule has 0 unspecified atom stereocenters. The zero-order valence-corrected chi connectivity index (χ0v) is 17.6. The second kappa shape index (κ2) is 9.73. The van der Waals surface area contributed by atoms with Crippen LogP contribution in [0, 0.1) is 13.8 Å². The maximum Gasteiger partial charge on any atom is 0.309 e. The molecule has 1 N–H and O–H groups in total. The average molecular weight is 485 g/mol. The van der Waals surface area contributed by atoms with E-state index in [4.69, 9.17) is 9.47 Å². The van der Waals surface area contributed by atoms with E-state index >= 15 is 0 Å². The third kappa shape index (κ3) is 6.14. The molecule has 0 atom stereocenters. The molecule has 2 aromatic rings. The van der Waals surface area contributed by atoms with E-state index in [-0.39, 0.29) is 19.6 Å². The summed E-state index contributed by atoms with van der Waals surface area (Å²) in [7, 11) is 0. The minimum atomic E-state index is -0.490. The molecule has 0 aliphatic rings. The van der Waals surface area contributed by atoms with Gasteiger partial charge in [-0.2, -0.15) is 0 Å². The molecule has 138 valence electrons. The van der Waals surface area contributed by atoms with Gasteiger partial charge in [0.25, 0.3) is 5.91 Å². The van der Waals surface area contributed by atoms with Gasteiger partial charge < -0.3 is 14.8 Å². The van der Waals surface area contributed by atoms with E-state index in [1.807, 2.05) is 50.2 Å². The number of nitrogens with one attached hydrogen (secondary N) is 1. The number of ether oxygens (including phenoxy) is 2. The van der Waals surface area contributed by atoms with Crippen LogP contribution in [0.5, 0.6) is 5.75 Å². The van der Waals surface area contributed by atoms with Crippen molar-refractivity contribution in [3.8, 4) is 5.75 Å². The Labute approximate surface area is 169 Å². The van der Waals surface area contributed by atoms with E-state index in [9.17, 15) is 9.59 Å². The number of hydrogen-bond donors (Lipinski definition) is 1. The summed E-state index contributed by atoms with van der Waals surface area (Å²) in [4.78, 5) is 23.7. The van der Waals surface area contributed by atoms with E-state index in [2.05, 4.69) is 37.2 Å². The molecule has 26 heavy (non-hydrogen) atoms. The number of benzene rings is 2. The number of carbonyl (C=O) groups is 2. The van der Waals surface area contributed by atoms with Crippen molar-refractivity contribution < 1.29 is 19.1 Å². The van der Waals surface area contributed by atoms with E-state index < -0.39 is 11.9 Å². The van der Waals surface area contributed by atoms with E-state index in [1.54, 1.807) is 0 Å². The monoisotopic (exact) mass is 483 g/mol. The highest BCUT2D eigenvalue weighted by molar-refractivity contribution is 9.11. The SMILES string of the molecule is Cc1cc(Br)c(NC(=O)COC(=O)CCOc2ccccc2C)c(Br)c1. The van der Waals surface area contributed by atoms with Gasteiger partial charge >= 0.3 is 5.97 Å². The third-order valence-electron chi connectivity index (χ3n) is 3.47. The van der Waals surface area contributed by atoms with Crippen LogP contribution < -0.4 is 10.1 Å². The van der Waals surface area contributed by atoms with Crippen LogP contribution in [0.3, 0.4) is 0 Å². The van der Waals surface area contributed by atoms with Crippen LogP contribution in [0.15, 0.2) is 45.3 Å². The molecule has 0 radical (unpaired) electrons. The van der Waals surface area contributed by atoms with Crippen LogP contribution in [0.1, 0.15) is 17.5 Å². The fourth-order valence-corrected chi connectivity index (χ4v) is 3.79. The van der Waals surface area contributed by atoms with Gasteiger partial charge in [-0.15, -0.1) is 0 Å². The lowest BCUT2D eigenvalue weighted by atomic mass is 10.2. The molecule has 0 spiro atoms. The molecule has 0 aliphatic carbocycles. The highest BCUT2D eigenvalue weighted by Gasteiger charge is 2.12. The van der Waals surface area contributed by atoms with Gasteiger partial charge in [0.05, 0.1) is 18.7 Å². The van der Waals surface area contributed by atoms with Crippen molar-refractivity contribution in [1.82, 2.24) is 0 Å². The van der Waals surface area contributed by atoms with Crippen LogP contribution in [-0.4, -0.2) is 25.1 Å². The molecule has 0 heterocycles. The van der Waals surface area contributed by atoms with Gasteiger partial charge in [0.1, 0.15) is 5.75 Å². The summed E-state index contributed by atoms with van der Waals surface area (Å²) in [6, 6.07) is 11.3. The van der Waals surface area contributed by atoms with Crippen LogP contribution in [0.4, 0.5) is 5.69 Å². The first-order valence-electron chi connectivity index (χ1n) is 7.96. The van der Waals surface area contributed by atoms with Crippen molar-refractivity contribution in [3.63, 3.8) is 0 Å². The zero-order chi connectivity index (χ0) is 19.1. The molecule has 0 bridgehead atoms. The number of amides is 1. The molecule has 0 aliphatic heterocycles. The molecule has 0 saturated carbocycles. The fraction of sp³-hybridized carbons (Fsp3) is 0.263. The Morgan fingerprint density at radius 2 is 1.73 bits per heavy atom. The quantitative estimate of drug-likeness (QED) is 0.574. The second-order valence-electron chi connectivity index (χ2n) is 5.68. The van der Waals surface area contributed by atoms with Gasteiger partial charge in [-0.1, -0.05) is 18.2 Å². The topological polar surface area (TPSA) is 64.6 Å². The van der Waals surface area contributed by atoms with Gasteiger partial charge in [0.2, 0.25) is 0 Å². The number of esters is 1. The lowest BCUT2D eigenvalue weighted by Crippen LogP contribution is -2.22.